The summed E-state index contributed by atoms with van der Waals surface area (Å²) in [6.45, 7) is 8.79. The molecule has 0 fully saturated rings. The highest BCUT2D eigenvalue weighted by atomic mass is 32.2. The van der Waals surface area contributed by atoms with Crippen LogP contribution in [0.5, 0.6) is 11.5 Å². The van der Waals surface area contributed by atoms with Crippen molar-refractivity contribution in [3.63, 3.8) is 0 Å². The molecular formula is C52H77N7O5S. The van der Waals surface area contributed by atoms with E-state index in [0.29, 0.717) is 16.5 Å². The van der Waals surface area contributed by atoms with Crippen LogP contribution in [0.15, 0.2) is 70.7 Å². The van der Waals surface area contributed by atoms with Crippen molar-refractivity contribution in [2.45, 2.75) is 192 Å². The summed E-state index contributed by atoms with van der Waals surface area (Å²) in [5.41, 5.74) is 1.69. The number of anilines is 3. The second-order valence-corrected chi connectivity index (χ2v) is 18.6. The molecule has 4 rings (SSSR count). The van der Waals surface area contributed by atoms with E-state index in [4.69, 9.17) is 0 Å². The van der Waals surface area contributed by atoms with Crippen molar-refractivity contribution < 1.29 is 24.6 Å². The second kappa shape index (κ2) is 30.3. The SMILES string of the molecule is CCCCCCCCC(CCCCCC)C(=O)Nc1cc(NC(=O)C(CCCCCC)CCCCCCCC)cc(C(=O)Nc2cc(O)c(Sc3nnnn3-c3ccccc3)cc2O)c1. The van der Waals surface area contributed by atoms with Crippen LogP contribution in [0.4, 0.5) is 17.1 Å². The molecule has 4 aromatic rings. The zero-order chi connectivity index (χ0) is 46.7. The van der Waals surface area contributed by atoms with Crippen molar-refractivity contribution in [2.24, 2.45) is 11.8 Å². The van der Waals surface area contributed by atoms with Gasteiger partial charge < -0.3 is 26.2 Å². The normalized spacial score (nSPS) is 12.2. The minimum Gasteiger partial charge on any atom is -0.507 e. The molecule has 2 unspecified atom stereocenters. The van der Waals surface area contributed by atoms with Gasteiger partial charge in [0.1, 0.15) is 11.5 Å². The maximum Gasteiger partial charge on any atom is 0.255 e. The van der Waals surface area contributed by atoms with Gasteiger partial charge in [-0.05, 0) is 84.3 Å². The number of carbonyl (C=O) groups is 3. The van der Waals surface area contributed by atoms with Gasteiger partial charge in [0.2, 0.25) is 17.0 Å². The van der Waals surface area contributed by atoms with E-state index in [0.717, 1.165) is 120 Å². The van der Waals surface area contributed by atoms with Gasteiger partial charge in [0.15, 0.2) is 0 Å². The Balaban J connectivity index is 1.59. The van der Waals surface area contributed by atoms with Gasteiger partial charge in [-0.2, -0.15) is 4.68 Å². The molecule has 65 heavy (non-hydrogen) atoms. The van der Waals surface area contributed by atoms with Gasteiger partial charge >= 0.3 is 0 Å². The minimum atomic E-state index is -0.592. The number of phenolic OH excluding ortho intramolecular Hbond substituents is 2. The third-order valence-electron chi connectivity index (χ3n) is 12.1. The lowest BCUT2D eigenvalue weighted by molar-refractivity contribution is -0.121. The fourth-order valence-corrected chi connectivity index (χ4v) is 9.02. The highest BCUT2D eigenvalue weighted by molar-refractivity contribution is 7.99. The van der Waals surface area contributed by atoms with Crippen LogP contribution in [0.2, 0.25) is 0 Å². The van der Waals surface area contributed by atoms with Crippen LogP contribution in [0.25, 0.3) is 5.69 Å². The van der Waals surface area contributed by atoms with Gasteiger partial charge in [0, 0.05) is 34.8 Å². The number of nitrogens with zero attached hydrogens (tertiary/aromatic N) is 4. The van der Waals surface area contributed by atoms with E-state index >= 15 is 0 Å². The van der Waals surface area contributed by atoms with Crippen molar-refractivity contribution in [2.75, 3.05) is 16.0 Å². The Labute approximate surface area is 392 Å². The van der Waals surface area contributed by atoms with Crippen molar-refractivity contribution in [1.82, 2.24) is 20.2 Å². The minimum absolute atomic E-state index is 0.0170. The molecular weight excluding hydrogens is 835 g/mol. The molecule has 1 aromatic heterocycles. The van der Waals surface area contributed by atoms with E-state index in [1.54, 1.807) is 18.2 Å². The van der Waals surface area contributed by atoms with Gasteiger partial charge in [-0.25, -0.2) is 0 Å². The molecule has 0 aliphatic rings. The lowest BCUT2D eigenvalue weighted by atomic mass is 9.93. The Bertz CT molecular complexity index is 1940. The topological polar surface area (TPSA) is 171 Å². The summed E-state index contributed by atoms with van der Waals surface area (Å²) >= 11 is 1.06. The van der Waals surface area contributed by atoms with Crippen molar-refractivity contribution >= 4 is 46.5 Å². The van der Waals surface area contributed by atoms with Gasteiger partial charge in [-0.15, -0.1) is 5.10 Å². The summed E-state index contributed by atoms with van der Waals surface area (Å²) in [6, 6.07) is 16.9. The Morgan fingerprint density at radius 1 is 0.569 bits per heavy atom. The van der Waals surface area contributed by atoms with E-state index in [2.05, 4.69) is 59.2 Å². The van der Waals surface area contributed by atoms with E-state index in [9.17, 15) is 24.6 Å². The molecule has 0 aliphatic heterocycles. The third kappa shape index (κ3) is 18.8. The zero-order valence-corrected chi connectivity index (χ0v) is 40.5. The zero-order valence-electron chi connectivity index (χ0n) is 39.7. The number of hydrogen-bond donors (Lipinski definition) is 5. The van der Waals surface area contributed by atoms with Crippen LogP contribution in [0, 0.1) is 11.8 Å². The molecule has 0 bridgehead atoms. The molecule has 12 nitrogen and oxygen atoms in total. The lowest BCUT2D eigenvalue weighted by Crippen LogP contribution is -2.25. The predicted octanol–water partition coefficient (Wildman–Crippen LogP) is 14.0. The number of para-hydroxylation sites is 1. The molecule has 0 aliphatic carbocycles. The first-order chi connectivity index (χ1) is 31.7. The summed E-state index contributed by atoms with van der Waals surface area (Å²) < 4.78 is 1.52. The fraction of sp³-hybridized carbons (Fsp3) is 0.577. The smallest absolute Gasteiger partial charge is 0.255 e. The molecule has 0 spiro atoms. The van der Waals surface area contributed by atoms with Crippen molar-refractivity contribution in [3.8, 4) is 17.2 Å². The van der Waals surface area contributed by atoms with Crippen LogP contribution in [0.1, 0.15) is 192 Å². The molecule has 5 N–H and O–H groups in total. The Hall–Kier alpha value is -4.91. The maximum atomic E-state index is 14.1. The van der Waals surface area contributed by atoms with E-state index in [-0.39, 0.29) is 51.3 Å². The summed E-state index contributed by atoms with van der Waals surface area (Å²) in [4.78, 5) is 42.6. The summed E-state index contributed by atoms with van der Waals surface area (Å²) in [5.74, 6) is -1.60. The van der Waals surface area contributed by atoms with E-state index in [1.807, 2.05) is 30.3 Å². The number of aromatic hydroxyl groups is 2. The Kier molecular flexibility index (Phi) is 24.6. The first-order valence-electron chi connectivity index (χ1n) is 24.8. The number of rotatable bonds is 33. The molecule has 356 valence electrons. The number of nitrogens with one attached hydrogen (secondary N) is 3. The standard InChI is InChI=1S/C52H77N7O5S/c1-5-9-13-17-19-24-30-39(28-22-15-11-7-3)49(62)53-42-34-41(35-43(36-42)54-50(63)40(29-23-16-12-8-4)31-25-20-18-14-10-6-2)51(64)55-45-37-47(61)48(38-46(45)60)65-52-56-57-58-59(52)44-32-26-21-27-33-44/h21,26-27,32-40,60-61H,5-20,22-25,28-31H2,1-4H3,(H,53,62)(H,54,63)(H,55,64). The van der Waals surface area contributed by atoms with Crippen molar-refractivity contribution in [1.29, 1.82) is 0 Å². The van der Waals surface area contributed by atoms with Gasteiger partial charge in [0.25, 0.3) is 5.91 Å². The average molecular weight is 912 g/mol. The number of tetrazole rings is 1. The van der Waals surface area contributed by atoms with Crippen LogP contribution in [0.3, 0.4) is 0 Å². The maximum absolute atomic E-state index is 14.1. The number of phenols is 2. The number of amides is 3. The first kappa shape index (κ1) is 52.7. The van der Waals surface area contributed by atoms with Crippen molar-refractivity contribution in [3.05, 3.63) is 66.2 Å². The van der Waals surface area contributed by atoms with Gasteiger partial charge in [-0.1, -0.05) is 174 Å². The Morgan fingerprint density at radius 2 is 1.03 bits per heavy atom. The van der Waals surface area contributed by atoms with E-state index < -0.39 is 5.91 Å². The Morgan fingerprint density at radius 3 is 1.52 bits per heavy atom. The summed E-state index contributed by atoms with van der Waals surface area (Å²) in [5, 5.41) is 43.6. The predicted molar refractivity (Wildman–Crippen MR) is 265 cm³/mol. The first-order valence-corrected chi connectivity index (χ1v) is 25.6. The average Bonchev–Trinajstić information content (AvgIpc) is 3.77. The molecule has 3 aromatic carbocycles. The summed E-state index contributed by atoms with van der Waals surface area (Å²) in [6.07, 6.45) is 25.5. The molecule has 1 heterocycles. The summed E-state index contributed by atoms with van der Waals surface area (Å²) in [7, 11) is 0. The van der Waals surface area contributed by atoms with Crippen LogP contribution in [-0.4, -0.2) is 48.1 Å². The lowest BCUT2D eigenvalue weighted by Gasteiger charge is -2.20. The third-order valence-corrected chi connectivity index (χ3v) is 13.0. The molecule has 0 saturated carbocycles. The second-order valence-electron chi connectivity index (χ2n) is 17.6. The number of carbonyl (C=O) groups excluding carboxylic acids is 3. The fourth-order valence-electron chi connectivity index (χ4n) is 8.19. The monoisotopic (exact) mass is 912 g/mol. The number of hydrogen-bond acceptors (Lipinski definition) is 9. The molecule has 3 amide bonds. The quantitative estimate of drug-likeness (QED) is 0.0177. The van der Waals surface area contributed by atoms with Gasteiger partial charge in [0.05, 0.1) is 16.3 Å². The largest absolute Gasteiger partial charge is 0.507 e. The van der Waals surface area contributed by atoms with Crippen LogP contribution in [-0.2, 0) is 9.59 Å². The molecule has 2 atom stereocenters. The van der Waals surface area contributed by atoms with Crippen LogP contribution >= 0.6 is 11.8 Å². The number of unbranched alkanes of at least 4 members (excludes halogenated alkanes) is 16. The molecule has 0 radical (unpaired) electrons. The highest BCUT2D eigenvalue weighted by Crippen LogP contribution is 2.40. The number of aromatic nitrogens is 4. The number of benzene rings is 3. The van der Waals surface area contributed by atoms with Crippen LogP contribution < -0.4 is 16.0 Å². The molecule has 0 saturated heterocycles. The molecule has 13 heteroatoms. The highest BCUT2D eigenvalue weighted by Gasteiger charge is 2.23. The van der Waals surface area contributed by atoms with E-state index in [1.165, 1.54) is 68.2 Å². The van der Waals surface area contributed by atoms with Gasteiger partial charge in [-0.3, -0.25) is 14.4 Å².